The summed E-state index contributed by atoms with van der Waals surface area (Å²) in [6.07, 6.45) is 4.43. The van der Waals surface area contributed by atoms with E-state index in [2.05, 4.69) is 19.9 Å². The van der Waals surface area contributed by atoms with Crippen LogP contribution in [0.5, 0.6) is 0 Å². The van der Waals surface area contributed by atoms with E-state index in [-0.39, 0.29) is 5.82 Å². The number of nitrogen functional groups attached to an aromatic ring is 1. The Morgan fingerprint density at radius 3 is 2.67 bits per heavy atom. The van der Waals surface area contributed by atoms with E-state index in [9.17, 15) is 8.94 Å². The van der Waals surface area contributed by atoms with Gasteiger partial charge in [-0.25, -0.2) is 14.4 Å². The fraction of sp³-hybridized carbons (Fsp3) is 0.286. The normalized spacial score (nSPS) is 15.8. The van der Waals surface area contributed by atoms with Gasteiger partial charge in [0.05, 0.1) is 36.9 Å². The SMILES string of the molecule is Nc1cnc(-c2ccc(-c3cccnc3[S+]([O-])CCN3CCOCC3)cc2F)cn1. The van der Waals surface area contributed by atoms with Crippen LogP contribution in [0.4, 0.5) is 10.2 Å². The average Bonchev–Trinajstić information content (AvgIpc) is 2.79. The van der Waals surface area contributed by atoms with Crippen molar-refractivity contribution in [3.05, 3.63) is 54.7 Å². The van der Waals surface area contributed by atoms with Crippen molar-refractivity contribution in [3.8, 4) is 22.4 Å². The van der Waals surface area contributed by atoms with Crippen LogP contribution in [0.15, 0.2) is 53.9 Å². The van der Waals surface area contributed by atoms with Gasteiger partial charge in [-0.1, -0.05) is 6.07 Å². The van der Waals surface area contributed by atoms with Crippen molar-refractivity contribution in [2.24, 2.45) is 0 Å². The Bertz CT molecular complexity index is 999. The molecule has 3 aromatic rings. The molecule has 156 valence electrons. The predicted octanol–water partition coefficient (Wildman–Crippen LogP) is 2.37. The van der Waals surface area contributed by atoms with Gasteiger partial charge in [-0.3, -0.25) is 9.88 Å². The highest BCUT2D eigenvalue weighted by atomic mass is 32.2. The topological polar surface area (TPSA) is 100 Å². The van der Waals surface area contributed by atoms with E-state index >= 15 is 0 Å². The van der Waals surface area contributed by atoms with E-state index < -0.39 is 17.0 Å². The Morgan fingerprint density at radius 1 is 1.10 bits per heavy atom. The summed E-state index contributed by atoms with van der Waals surface area (Å²) in [7, 11) is 0. The van der Waals surface area contributed by atoms with Crippen molar-refractivity contribution >= 4 is 17.0 Å². The Labute approximate surface area is 177 Å². The van der Waals surface area contributed by atoms with Crippen LogP contribution in [0.3, 0.4) is 0 Å². The summed E-state index contributed by atoms with van der Waals surface area (Å²) < 4.78 is 33.1. The molecule has 1 atom stereocenters. The molecule has 1 aromatic carbocycles. The van der Waals surface area contributed by atoms with Gasteiger partial charge >= 0.3 is 0 Å². The van der Waals surface area contributed by atoms with Crippen molar-refractivity contribution in [2.75, 3.05) is 44.3 Å². The van der Waals surface area contributed by atoms with Crippen molar-refractivity contribution in [3.63, 3.8) is 0 Å². The lowest BCUT2D eigenvalue weighted by Gasteiger charge is -2.26. The molecule has 1 aliphatic rings. The average molecular weight is 428 g/mol. The highest BCUT2D eigenvalue weighted by molar-refractivity contribution is 7.91. The molecule has 3 heterocycles. The number of aromatic nitrogens is 3. The number of rotatable bonds is 6. The maximum atomic E-state index is 14.8. The zero-order valence-electron chi connectivity index (χ0n) is 16.3. The highest BCUT2D eigenvalue weighted by Gasteiger charge is 2.22. The summed E-state index contributed by atoms with van der Waals surface area (Å²) in [5.74, 6) is 0.293. The smallest absolute Gasteiger partial charge is 0.252 e. The lowest BCUT2D eigenvalue weighted by atomic mass is 10.0. The molecule has 0 amide bonds. The van der Waals surface area contributed by atoms with Gasteiger partial charge in [-0.15, -0.1) is 0 Å². The van der Waals surface area contributed by atoms with Crippen LogP contribution in [0.2, 0.25) is 0 Å². The van der Waals surface area contributed by atoms with Gasteiger partial charge in [0.25, 0.3) is 5.03 Å². The van der Waals surface area contributed by atoms with Gasteiger partial charge < -0.3 is 15.0 Å². The summed E-state index contributed by atoms with van der Waals surface area (Å²) in [6, 6.07) is 8.39. The van der Waals surface area contributed by atoms with Crippen LogP contribution in [0.25, 0.3) is 22.4 Å². The van der Waals surface area contributed by atoms with Crippen molar-refractivity contribution in [1.29, 1.82) is 0 Å². The molecular weight excluding hydrogens is 405 g/mol. The predicted molar refractivity (Wildman–Crippen MR) is 114 cm³/mol. The fourth-order valence-electron chi connectivity index (χ4n) is 3.29. The monoisotopic (exact) mass is 427 g/mol. The Morgan fingerprint density at radius 2 is 1.93 bits per heavy atom. The summed E-state index contributed by atoms with van der Waals surface area (Å²) in [6.45, 7) is 3.78. The minimum atomic E-state index is -1.30. The van der Waals surface area contributed by atoms with Gasteiger partial charge in [0.2, 0.25) is 0 Å². The maximum Gasteiger partial charge on any atom is 0.252 e. The van der Waals surface area contributed by atoms with Gasteiger partial charge in [0, 0.05) is 42.6 Å². The number of nitrogens with zero attached hydrogens (tertiary/aromatic N) is 4. The number of benzene rings is 1. The molecule has 4 rings (SSSR count). The number of ether oxygens (including phenoxy) is 1. The van der Waals surface area contributed by atoms with Gasteiger partial charge in [0.15, 0.2) is 0 Å². The first-order chi connectivity index (χ1) is 14.6. The van der Waals surface area contributed by atoms with E-state index in [1.165, 1.54) is 18.5 Å². The zero-order chi connectivity index (χ0) is 20.9. The van der Waals surface area contributed by atoms with Crippen LogP contribution in [-0.2, 0) is 15.9 Å². The van der Waals surface area contributed by atoms with Crippen molar-refractivity contribution < 1.29 is 13.7 Å². The number of pyridine rings is 1. The first-order valence-electron chi connectivity index (χ1n) is 9.63. The first kappa shape index (κ1) is 20.7. The number of anilines is 1. The number of morpholine rings is 1. The van der Waals surface area contributed by atoms with E-state index in [0.717, 1.165) is 13.1 Å². The molecule has 1 unspecified atom stereocenters. The zero-order valence-corrected chi connectivity index (χ0v) is 17.1. The molecule has 1 fully saturated rings. The second kappa shape index (κ2) is 9.48. The lowest BCUT2D eigenvalue weighted by molar-refractivity contribution is 0.0408. The maximum absolute atomic E-state index is 14.8. The molecule has 0 spiro atoms. The minimum Gasteiger partial charge on any atom is -0.610 e. The van der Waals surface area contributed by atoms with E-state index in [4.69, 9.17) is 10.5 Å². The quantitative estimate of drug-likeness (QED) is 0.603. The first-order valence-corrected chi connectivity index (χ1v) is 10.9. The third-order valence-electron chi connectivity index (χ3n) is 4.91. The Hall–Kier alpha value is -2.59. The highest BCUT2D eigenvalue weighted by Crippen LogP contribution is 2.30. The van der Waals surface area contributed by atoms with Crippen LogP contribution in [-0.4, -0.2) is 63.0 Å². The van der Waals surface area contributed by atoms with Crippen molar-refractivity contribution in [2.45, 2.75) is 5.03 Å². The molecule has 1 saturated heterocycles. The largest absolute Gasteiger partial charge is 0.610 e. The molecule has 0 aliphatic carbocycles. The van der Waals surface area contributed by atoms with E-state index in [1.54, 1.807) is 24.4 Å². The van der Waals surface area contributed by atoms with E-state index in [1.807, 2.05) is 6.07 Å². The fourth-order valence-corrected chi connectivity index (χ4v) is 4.52. The molecule has 0 saturated carbocycles. The molecule has 9 heteroatoms. The second-order valence-electron chi connectivity index (χ2n) is 6.88. The third-order valence-corrected chi connectivity index (χ3v) is 6.22. The Kier molecular flexibility index (Phi) is 6.53. The van der Waals surface area contributed by atoms with E-state index in [0.29, 0.717) is 52.9 Å². The number of nitrogens with two attached hydrogens (primary N) is 1. The second-order valence-corrected chi connectivity index (χ2v) is 8.37. The lowest BCUT2D eigenvalue weighted by Crippen LogP contribution is -2.39. The summed E-state index contributed by atoms with van der Waals surface area (Å²) in [4.78, 5) is 14.6. The van der Waals surface area contributed by atoms with Crippen LogP contribution >= 0.6 is 0 Å². The minimum absolute atomic E-state index is 0.273. The Balaban J connectivity index is 1.55. The molecule has 2 aromatic heterocycles. The standard InChI is InChI=1S/C21H22FN5O2S/c22-18-12-15(3-4-17(18)19-13-26-20(23)14-25-19)16-2-1-5-24-21(16)30(28)11-8-27-6-9-29-10-7-27/h1-5,12-14H,6-11H2,(H2,23,26). The summed E-state index contributed by atoms with van der Waals surface area (Å²) in [5, 5.41) is 0.463. The van der Waals surface area contributed by atoms with Crippen LogP contribution in [0.1, 0.15) is 0 Å². The van der Waals surface area contributed by atoms with Gasteiger partial charge in [0.1, 0.15) is 17.4 Å². The summed E-state index contributed by atoms with van der Waals surface area (Å²) in [5.41, 5.74) is 7.54. The molecule has 0 radical (unpaired) electrons. The molecular formula is C21H22FN5O2S. The van der Waals surface area contributed by atoms with Crippen LogP contribution in [0, 0.1) is 5.82 Å². The van der Waals surface area contributed by atoms with Crippen LogP contribution < -0.4 is 5.73 Å². The molecule has 2 N–H and O–H groups in total. The summed E-state index contributed by atoms with van der Waals surface area (Å²) >= 11 is -1.30. The number of hydrogen-bond donors (Lipinski definition) is 1. The third kappa shape index (κ3) is 4.76. The number of halogens is 1. The molecule has 0 bridgehead atoms. The number of hydrogen-bond acceptors (Lipinski definition) is 7. The van der Waals surface area contributed by atoms with Gasteiger partial charge in [-0.2, -0.15) is 0 Å². The molecule has 30 heavy (non-hydrogen) atoms. The van der Waals surface area contributed by atoms with Gasteiger partial charge in [-0.05, 0) is 29.8 Å². The molecule has 1 aliphatic heterocycles. The molecule has 7 nitrogen and oxygen atoms in total. The van der Waals surface area contributed by atoms with Crippen molar-refractivity contribution in [1.82, 2.24) is 19.9 Å².